The molecule has 114 valence electrons. The second-order valence-electron chi connectivity index (χ2n) is 4.25. The highest BCUT2D eigenvalue weighted by Crippen LogP contribution is 2.12. The van der Waals surface area contributed by atoms with Crippen molar-refractivity contribution in [3.05, 3.63) is 48.1 Å². The minimum absolute atomic E-state index is 0.0141. The third-order valence-electron chi connectivity index (χ3n) is 2.71. The Morgan fingerprint density at radius 2 is 2.10 bits per heavy atom. The van der Waals surface area contributed by atoms with Crippen LogP contribution in [-0.4, -0.2) is 30.9 Å². The molecule has 0 amide bonds. The van der Waals surface area contributed by atoms with Crippen molar-refractivity contribution < 1.29 is 23.1 Å². The Labute approximate surface area is 121 Å². The highest BCUT2D eigenvalue weighted by atomic mass is 19.2. The first-order valence-corrected chi connectivity index (χ1v) is 6.48. The number of carbonyl (C=O) groups excluding carboxylic acids is 2. The Morgan fingerprint density at radius 3 is 2.67 bits per heavy atom. The second-order valence-corrected chi connectivity index (χ2v) is 4.25. The fourth-order valence-electron chi connectivity index (χ4n) is 1.72. The minimum Gasteiger partial charge on any atom is -0.466 e. The van der Waals surface area contributed by atoms with Gasteiger partial charge in [-0.25, -0.2) is 8.78 Å². The van der Waals surface area contributed by atoms with E-state index in [-0.39, 0.29) is 18.6 Å². The second kappa shape index (κ2) is 8.26. The molecule has 6 heteroatoms. The fourth-order valence-corrected chi connectivity index (χ4v) is 1.72. The van der Waals surface area contributed by atoms with Gasteiger partial charge in [0, 0.05) is 12.1 Å². The maximum atomic E-state index is 13.2. The fraction of sp³-hybridized carbons (Fsp3) is 0.333. The molecule has 0 aliphatic carbocycles. The van der Waals surface area contributed by atoms with Gasteiger partial charge in [-0.15, -0.1) is 6.58 Å². The van der Waals surface area contributed by atoms with Crippen molar-refractivity contribution in [1.82, 2.24) is 5.32 Å². The van der Waals surface area contributed by atoms with Gasteiger partial charge in [0.25, 0.3) is 0 Å². The summed E-state index contributed by atoms with van der Waals surface area (Å²) in [4.78, 5) is 23.8. The molecule has 1 rings (SSSR count). The van der Waals surface area contributed by atoms with Crippen LogP contribution in [0.5, 0.6) is 0 Å². The SMILES string of the molecule is C=CCNC(CC(=O)OCC)C(=O)c1ccc(F)c(F)c1. The van der Waals surface area contributed by atoms with Crippen LogP contribution >= 0.6 is 0 Å². The summed E-state index contributed by atoms with van der Waals surface area (Å²) in [6.07, 6.45) is 1.33. The number of nitrogens with one attached hydrogen (secondary N) is 1. The molecule has 1 aromatic rings. The van der Waals surface area contributed by atoms with Crippen molar-refractivity contribution in [2.24, 2.45) is 0 Å². The number of rotatable bonds is 8. The monoisotopic (exact) mass is 297 g/mol. The number of carbonyl (C=O) groups is 2. The van der Waals surface area contributed by atoms with Crippen LogP contribution in [0.4, 0.5) is 8.78 Å². The lowest BCUT2D eigenvalue weighted by molar-refractivity contribution is -0.143. The smallest absolute Gasteiger partial charge is 0.307 e. The van der Waals surface area contributed by atoms with Crippen molar-refractivity contribution in [2.45, 2.75) is 19.4 Å². The van der Waals surface area contributed by atoms with Gasteiger partial charge in [0.15, 0.2) is 17.4 Å². The van der Waals surface area contributed by atoms with Gasteiger partial charge in [0.05, 0.1) is 19.1 Å². The van der Waals surface area contributed by atoms with E-state index in [0.717, 1.165) is 12.1 Å². The van der Waals surface area contributed by atoms with Crippen LogP contribution in [0.2, 0.25) is 0 Å². The van der Waals surface area contributed by atoms with Gasteiger partial charge >= 0.3 is 5.97 Å². The average Bonchev–Trinajstić information content (AvgIpc) is 2.46. The summed E-state index contributed by atoms with van der Waals surface area (Å²) in [5.41, 5.74) is -0.0141. The van der Waals surface area contributed by atoms with Crippen LogP contribution in [0.25, 0.3) is 0 Å². The lowest BCUT2D eigenvalue weighted by Gasteiger charge is -2.16. The van der Waals surface area contributed by atoms with E-state index in [1.165, 1.54) is 12.1 Å². The number of Topliss-reactive ketones (excluding diaryl/α,β-unsaturated/α-hetero) is 1. The first-order valence-electron chi connectivity index (χ1n) is 6.48. The van der Waals surface area contributed by atoms with Crippen LogP contribution in [-0.2, 0) is 9.53 Å². The zero-order valence-corrected chi connectivity index (χ0v) is 11.7. The summed E-state index contributed by atoms with van der Waals surface area (Å²) in [6.45, 7) is 5.65. The number of hydrogen-bond acceptors (Lipinski definition) is 4. The molecule has 1 aromatic carbocycles. The van der Waals surface area contributed by atoms with Crippen LogP contribution in [0, 0.1) is 11.6 Å². The molecule has 0 saturated heterocycles. The largest absolute Gasteiger partial charge is 0.466 e. The molecule has 0 aliphatic rings. The number of hydrogen-bond donors (Lipinski definition) is 1. The quantitative estimate of drug-likeness (QED) is 0.454. The first kappa shape index (κ1) is 17.0. The molecule has 1 atom stereocenters. The predicted molar refractivity (Wildman–Crippen MR) is 73.9 cm³/mol. The van der Waals surface area contributed by atoms with Gasteiger partial charge in [-0.05, 0) is 25.1 Å². The van der Waals surface area contributed by atoms with Gasteiger partial charge in [0.2, 0.25) is 0 Å². The summed E-state index contributed by atoms with van der Waals surface area (Å²) in [5, 5.41) is 2.81. The van der Waals surface area contributed by atoms with E-state index in [4.69, 9.17) is 4.74 Å². The molecule has 0 fully saturated rings. The van der Waals surface area contributed by atoms with Crippen LogP contribution in [0.1, 0.15) is 23.7 Å². The number of ketones is 1. The zero-order chi connectivity index (χ0) is 15.8. The maximum Gasteiger partial charge on any atom is 0.307 e. The van der Waals surface area contributed by atoms with Crippen molar-refractivity contribution in [2.75, 3.05) is 13.2 Å². The average molecular weight is 297 g/mol. The lowest BCUT2D eigenvalue weighted by atomic mass is 10.0. The molecule has 4 nitrogen and oxygen atoms in total. The van der Waals surface area contributed by atoms with Gasteiger partial charge in [0.1, 0.15) is 0 Å². The van der Waals surface area contributed by atoms with Gasteiger partial charge in [-0.3, -0.25) is 9.59 Å². The van der Waals surface area contributed by atoms with E-state index < -0.39 is 29.4 Å². The molecule has 0 aliphatic heterocycles. The van der Waals surface area contributed by atoms with Crippen LogP contribution in [0.15, 0.2) is 30.9 Å². The Kier molecular flexibility index (Phi) is 6.68. The highest BCUT2D eigenvalue weighted by Gasteiger charge is 2.23. The summed E-state index contributed by atoms with van der Waals surface area (Å²) < 4.78 is 30.9. The molecular weight excluding hydrogens is 280 g/mol. The summed E-state index contributed by atoms with van der Waals surface area (Å²) >= 11 is 0. The van der Waals surface area contributed by atoms with Crippen LogP contribution < -0.4 is 5.32 Å². The Balaban J connectivity index is 2.89. The van der Waals surface area contributed by atoms with Crippen molar-refractivity contribution >= 4 is 11.8 Å². The van der Waals surface area contributed by atoms with Crippen molar-refractivity contribution in [1.29, 1.82) is 0 Å². The topological polar surface area (TPSA) is 55.4 Å². The summed E-state index contributed by atoms with van der Waals surface area (Å²) in [6, 6.07) is 1.98. The van der Waals surface area contributed by atoms with Crippen molar-refractivity contribution in [3.63, 3.8) is 0 Å². The molecule has 21 heavy (non-hydrogen) atoms. The third-order valence-corrected chi connectivity index (χ3v) is 2.71. The number of esters is 1. The summed E-state index contributed by atoms with van der Waals surface area (Å²) in [5.74, 6) is -3.20. The molecule has 0 saturated carbocycles. The van der Waals surface area contributed by atoms with Crippen LogP contribution in [0.3, 0.4) is 0 Å². The zero-order valence-electron chi connectivity index (χ0n) is 11.7. The van der Waals surface area contributed by atoms with E-state index in [2.05, 4.69) is 11.9 Å². The number of halogens is 2. The summed E-state index contributed by atoms with van der Waals surface area (Å²) in [7, 11) is 0. The maximum absolute atomic E-state index is 13.2. The molecule has 1 unspecified atom stereocenters. The van der Waals surface area contributed by atoms with Gasteiger partial charge < -0.3 is 10.1 Å². The molecule has 0 spiro atoms. The number of ether oxygens (including phenoxy) is 1. The standard InChI is InChI=1S/C15H17F2NO3/c1-3-7-18-13(9-14(19)21-4-2)15(20)10-5-6-11(16)12(17)8-10/h3,5-6,8,13,18H,1,4,7,9H2,2H3. The third kappa shape index (κ3) is 5.07. The normalized spacial score (nSPS) is 11.8. The minimum atomic E-state index is -1.11. The van der Waals surface area contributed by atoms with E-state index in [1.54, 1.807) is 6.92 Å². The van der Waals surface area contributed by atoms with Crippen molar-refractivity contribution in [3.8, 4) is 0 Å². The van der Waals surface area contributed by atoms with E-state index >= 15 is 0 Å². The Hall–Kier alpha value is -2.08. The molecule has 0 aromatic heterocycles. The van der Waals surface area contributed by atoms with E-state index in [9.17, 15) is 18.4 Å². The predicted octanol–water partition coefficient (Wildman–Crippen LogP) is 2.24. The number of benzene rings is 1. The Morgan fingerprint density at radius 1 is 1.38 bits per heavy atom. The lowest BCUT2D eigenvalue weighted by Crippen LogP contribution is -2.39. The Bertz CT molecular complexity index is 532. The molecule has 0 bridgehead atoms. The van der Waals surface area contributed by atoms with E-state index in [0.29, 0.717) is 6.54 Å². The van der Waals surface area contributed by atoms with Gasteiger partial charge in [-0.2, -0.15) is 0 Å². The molecule has 1 N–H and O–H groups in total. The van der Waals surface area contributed by atoms with E-state index in [1.807, 2.05) is 0 Å². The first-order chi connectivity index (χ1) is 9.99. The highest BCUT2D eigenvalue weighted by molar-refractivity contribution is 6.01. The molecule has 0 heterocycles. The molecule has 0 radical (unpaired) electrons. The van der Waals surface area contributed by atoms with Gasteiger partial charge in [-0.1, -0.05) is 6.08 Å². The molecular formula is C15H17F2NO3.